The van der Waals surface area contributed by atoms with Crippen LogP contribution >= 0.6 is 22.6 Å². The van der Waals surface area contributed by atoms with E-state index in [0.717, 1.165) is 11.8 Å². The lowest BCUT2D eigenvalue weighted by Crippen LogP contribution is -2.31. The lowest BCUT2D eigenvalue weighted by molar-refractivity contribution is 1.05. The van der Waals surface area contributed by atoms with E-state index in [4.69, 9.17) is 0 Å². The van der Waals surface area contributed by atoms with Crippen molar-refractivity contribution >= 4 is 32.2 Å². The van der Waals surface area contributed by atoms with Gasteiger partial charge in [0.1, 0.15) is 0 Å². The van der Waals surface area contributed by atoms with E-state index in [1.807, 2.05) is 0 Å². The Morgan fingerprint density at radius 2 is 2.23 bits per heavy atom. The molecular weight excluding hydrogens is 271 g/mol. The van der Waals surface area contributed by atoms with E-state index in [0.29, 0.717) is 0 Å². The first-order valence-electron chi connectivity index (χ1n) is 4.74. The molecule has 2 aliphatic carbocycles. The summed E-state index contributed by atoms with van der Waals surface area (Å²) in [5, 5.41) is 2.98. The zero-order valence-corrected chi connectivity index (χ0v) is 9.71. The van der Waals surface area contributed by atoms with Crippen LogP contribution in [0.4, 0.5) is 0 Å². The Morgan fingerprint density at radius 3 is 3.08 bits per heavy atom. The molecule has 0 nitrogen and oxygen atoms in total. The first-order chi connectivity index (χ1) is 6.27. The number of hydrogen-bond donors (Lipinski definition) is 0. The van der Waals surface area contributed by atoms with Crippen molar-refractivity contribution in [3.8, 4) is 0 Å². The monoisotopic (exact) mass is 282 g/mol. The summed E-state index contributed by atoms with van der Waals surface area (Å²) in [7, 11) is 0. The molecule has 0 bridgehead atoms. The average molecular weight is 282 g/mol. The third-order valence-electron chi connectivity index (χ3n) is 3.13. The molecule has 1 fully saturated rings. The summed E-state index contributed by atoms with van der Waals surface area (Å²) in [6.07, 6.45) is 3.85. The van der Waals surface area contributed by atoms with Crippen molar-refractivity contribution in [2.24, 2.45) is 11.8 Å². The van der Waals surface area contributed by atoms with Gasteiger partial charge in [0.2, 0.25) is 0 Å². The number of fused-ring (bicyclic) bond motifs is 2. The van der Waals surface area contributed by atoms with Gasteiger partial charge in [0.25, 0.3) is 0 Å². The van der Waals surface area contributed by atoms with Gasteiger partial charge in [-0.05, 0) is 63.8 Å². The molecule has 0 spiro atoms. The van der Waals surface area contributed by atoms with E-state index in [1.54, 1.807) is 3.58 Å². The van der Waals surface area contributed by atoms with Gasteiger partial charge in [-0.15, -0.1) is 0 Å². The van der Waals surface area contributed by atoms with Crippen LogP contribution in [0, 0.1) is 18.8 Å². The third kappa shape index (κ3) is 1.09. The predicted octanol–water partition coefficient (Wildman–Crippen LogP) is 1.97. The summed E-state index contributed by atoms with van der Waals surface area (Å²) in [6.45, 7) is 2.21. The number of benzene rings is 1. The highest BCUT2D eigenvalue weighted by molar-refractivity contribution is 14.1. The minimum absolute atomic E-state index is 0.862. The molecule has 0 aromatic heterocycles. The van der Waals surface area contributed by atoms with E-state index in [9.17, 15) is 0 Å². The van der Waals surface area contributed by atoms with Crippen molar-refractivity contribution in [2.45, 2.75) is 13.3 Å². The summed E-state index contributed by atoms with van der Waals surface area (Å²) < 4.78 is 1.59. The van der Waals surface area contributed by atoms with E-state index in [-0.39, 0.29) is 0 Å². The number of rotatable bonds is 0. The average Bonchev–Trinajstić information content (AvgIpc) is 2.87. The molecule has 0 N–H and O–H groups in total. The van der Waals surface area contributed by atoms with Crippen molar-refractivity contribution in [2.75, 3.05) is 0 Å². The molecule has 0 radical (unpaired) electrons. The highest BCUT2D eigenvalue weighted by Gasteiger charge is 2.39. The Morgan fingerprint density at radius 1 is 1.38 bits per heavy atom. The van der Waals surface area contributed by atoms with Crippen molar-refractivity contribution in [3.05, 3.63) is 34.2 Å². The van der Waals surface area contributed by atoms with Crippen molar-refractivity contribution < 1.29 is 0 Å². The Labute approximate surface area is 91.5 Å². The SMILES string of the molecule is Cc1cccc2c1=CC1CC1C=2I. The fourth-order valence-electron chi connectivity index (χ4n) is 2.21. The summed E-state index contributed by atoms with van der Waals surface area (Å²) in [4.78, 5) is 0. The minimum Gasteiger partial charge on any atom is -0.0726 e. The second kappa shape index (κ2) is 2.59. The molecule has 13 heavy (non-hydrogen) atoms. The maximum Gasteiger partial charge on any atom is 0.00214 e. The first-order valence-corrected chi connectivity index (χ1v) is 5.82. The molecule has 2 aliphatic rings. The topological polar surface area (TPSA) is 0 Å². The molecule has 2 unspecified atom stereocenters. The molecule has 0 saturated heterocycles. The van der Waals surface area contributed by atoms with Gasteiger partial charge in [0, 0.05) is 3.58 Å². The van der Waals surface area contributed by atoms with Gasteiger partial charge in [-0.25, -0.2) is 0 Å². The molecule has 66 valence electrons. The van der Waals surface area contributed by atoms with E-state index < -0.39 is 0 Å². The van der Waals surface area contributed by atoms with Crippen LogP contribution in [0.3, 0.4) is 0 Å². The summed E-state index contributed by atoms with van der Waals surface area (Å²) in [5.74, 6) is 1.73. The Hall–Kier alpha value is -0.310. The molecule has 1 saturated carbocycles. The summed E-state index contributed by atoms with van der Waals surface area (Å²) >= 11 is 2.53. The van der Waals surface area contributed by atoms with Gasteiger partial charge in [0.05, 0.1) is 0 Å². The van der Waals surface area contributed by atoms with Crippen LogP contribution < -0.4 is 10.4 Å². The maximum absolute atomic E-state index is 2.53. The fourth-order valence-corrected chi connectivity index (χ4v) is 3.40. The molecule has 2 atom stereocenters. The summed E-state index contributed by atoms with van der Waals surface area (Å²) in [5.41, 5.74) is 1.43. The van der Waals surface area contributed by atoms with Crippen LogP contribution in [0.25, 0.3) is 9.66 Å². The molecule has 1 aromatic rings. The molecule has 0 aliphatic heterocycles. The van der Waals surface area contributed by atoms with Gasteiger partial charge in [0.15, 0.2) is 0 Å². The Bertz CT molecular complexity index is 484. The van der Waals surface area contributed by atoms with Crippen LogP contribution in [0.1, 0.15) is 12.0 Å². The number of halogens is 1. The highest BCUT2D eigenvalue weighted by Crippen LogP contribution is 2.49. The van der Waals surface area contributed by atoms with Crippen LogP contribution in [0.2, 0.25) is 0 Å². The van der Waals surface area contributed by atoms with Gasteiger partial charge < -0.3 is 0 Å². The molecule has 0 amide bonds. The second-order valence-corrected chi connectivity index (χ2v) is 5.22. The number of hydrogen-bond acceptors (Lipinski definition) is 0. The zero-order valence-electron chi connectivity index (χ0n) is 7.55. The minimum atomic E-state index is 0.862. The van der Waals surface area contributed by atoms with Crippen molar-refractivity contribution in [1.82, 2.24) is 0 Å². The van der Waals surface area contributed by atoms with E-state index in [1.165, 1.54) is 22.4 Å². The standard InChI is InChI=1S/C12H11I/c1-7-3-2-4-9-10(7)5-8-6-11(8)12(9)13/h2-5,8,11H,6H2,1H3. The zero-order chi connectivity index (χ0) is 9.00. The predicted molar refractivity (Wildman–Crippen MR) is 63.9 cm³/mol. The Kier molecular flexibility index (Phi) is 1.60. The Balaban J connectivity index is 2.49. The second-order valence-electron chi connectivity index (χ2n) is 4.06. The molecule has 3 rings (SSSR count). The maximum atomic E-state index is 2.53. The van der Waals surface area contributed by atoms with Crippen LogP contribution in [-0.4, -0.2) is 0 Å². The fraction of sp³-hybridized carbons (Fsp3) is 0.333. The van der Waals surface area contributed by atoms with Crippen LogP contribution in [0.5, 0.6) is 0 Å². The highest BCUT2D eigenvalue weighted by atomic mass is 127. The lowest BCUT2D eigenvalue weighted by Gasteiger charge is -2.05. The first kappa shape index (κ1) is 8.04. The largest absolute Gasteiger partial charge is 0.0726 e. The molecule has 0 heterocycles. The molecular formula is C12H11I. The quantitative estimate of drug-likeness (QED) is 0.638. The summed E-state index contributed by atoms with van der Waals surface area (Å²) in [6, 6.07) is 6.64. The van der Waals surface area contributed by atoms with Crippen LogP contribution in [-0.2, 0) is 0 Å². The van der Waals surface area contributed by atoms with Crippen LogP contribution in [0.15, 0.2) is 18.2 Å². The van der Waals surface area contributed by atoms with Gasteiger partial charge >= 0.3 is 0 Å². The van der Waals surface area contributed by atoms with E-state index in [2.05, 4.69) is 53.8 Å². The lowest BCUT2D eigenvalue weighted by atomic mass is 10.0. The normalized spacial score (nSPS) is 28.9. The number of aryl methyl sites for hydroxylation is 1. The third-order valence-corrected chi connectivity index (χ3v) is 4.51. The van der Waals surface area contributed by atoms with Gasteiger partial charge in [-0.3, -0.25) is 0 Å². The van der Waals surface area contributed by atoms with E-state index >= 15 is 0 Å². The van der Waals surface area contributed by atoms with Crippen molar-refractivity contribution in [1.29, 1.82) is 0 Å². The smallest absolute Gasteiger partial charge is 0.00214 e. The van der Waals surface area contributed by atoms with Crippen molar-refractivity contribution in [3.63, 3.8) is 0 Å². The van der Waals surface area contributed by atoms with Gasteiger partial charge in [-0.1, -0.05) is 24.3 Å². The molecule has 1 heteroatoms. The van der Waals surface area contributed by atoms with Gasteiger partial charge in [-0.2, -0.15) is 0 Å². The molecule has 1 aromatic carbocycles.